The molecule has 0 amide bonds. The van der Waals surface area contributed by atoms with Gasteiger partial charge in [0.2, 0.25) is 0.760 Å². The zero-order valence-electron chi connectivity index (χ0n) is 4.15. The van der Waals surface area contributed by atoms with Gasteiger partial charge in [0.1, 0.15) is 0 Å². The Hall–Kier alpha value is 3.60. The lowest BCUT2D eigenvalue weighted by molar-refractivity contribution is 0.613. The van der Waals surface area contributed by atoms with Crippen LogP contribution in [0.3, 0.4) is 0 Å². The number of halogens is 5. The molecule has 0 aliphatic heterocycles. The molecule has 0 radical (unpaired) electrons. The normalized spacial score (nSPS) is 14.2. The average Bonchev–Trinajstić information content (AvgIpc) is 1.62. The van der Waals surface area contributed by atoms with Crippen molar-refractivity contribution in [1.29, 1.82) is 0 Å². The Morgan fingerprint density at radius 3 is 1.20 bits per heavy atom. The summed E-state index contributed by atoms with van der Waals surface area (Å²) < 4.78 is 20.3. The molecule has 0 fully saturated rings. The third-order valence-electron chi connectivity index (χ3n) is 0.570. The van der Waals surface area contributed by atoms with Crippen molar-refractivity contribution in [2.45, 2.75) is 0.196 Å². The van der Waals surface area contributed by atoms with E-state index in [1.54, 1.807) is 0 Å². The lowest BCUT2D eigenvalue weighted by atomic mass is 11.0. The SMILES string of the molecule is O=[SH](=O)C(I)(I)C(I)(I)I. The third-order valence-corrected chi connectivity index (χ3v) is 15.2. The second kappa shape index (κ2) is 4.90. The van der Waals surface area contributed by atoms with E-state index in [-0.39, 0.29) is -0.565 Å². The number of rotatable bonds is 2. The molecule has 0 saturated carbocycles. The van der Waals surface area contributed by atoms with Crippen LogP contribution in [0.25, 0.3) is 0 Å². The lowest BCUT2D eigenvalue weighted by Crippen LogP contribution is -2.28. The molecule has 0 N–H and O–H groups in total. The van der Waals surface area contributed by atoms with Crippen LogP contribution in [-0.4, -0.2) is 8.61 Å². The number of hydrogen-bond acceptors (Lipinski definition) is 2. The zero-order valence-corrected chi connectivity index (χ0v) is 15.8. The van der Waals surface area contributed by atoms with Crippen molar-refractivity contribution in [3.63, 3.8) is 0 Å². The van der Waals surface area contributed by atoms with Crippen LogP contribution in [0.1, 0.15) is 0 Å². The smallest absolute Gasteiger partial charge is 0.203 e. The Bertz CT molecular complexity index is 182. The van der Waals surface area contributed by atoms with Crippen molar-refractivity contribution in [3.8, 4) is 0 Å². The molecule has 0 aromatic heterocycles. The van der Waals surface area contributed by atoms with Crippen molar-refractivity contribution in [2.24, 2.45) is 0 Å². The molecule has 0 aromatic carbocycles. The summed E-state index contributed by atoms with van der Waals surface area (Å²) in [5.41, 5.74) is 0. The van der Waals surface area contributed by atoms with Gasteiger partial charge in [-0.05, 0) is 45.2 Å². The second-order valence-electron chi connectivity index (χ2n) is 1.30. The Balaban J connectivity index is 4.75. The molecule has 0 saturated heterocycles. The molecule has 2 nitrogen and oxygen atoms in total. The quantitative estimate of drug-likeness (QED) is 0.271. The van der Waals surface area contributed by atoms with Gasteiger partial charge in [0.25, 0.3) is 0 Å². The van der Waals surface area contributed by atoms with Gasteiger partial charge >= 0.3 is 0 Å². The predicted octanol–water partition coefficient (Wildman–Crippen LogP) is 3.08. The molecule has 0 aliphatic carbocycles. The van der Waals surface area contributed by atoms with E-state index in [4.69, 9.17) is 0 Å². The lowest BCUT2D eigenvalue weighted by Gasteiger charge is -2.23. The Morgan fingerprint density at radius 1 is 0.900 bits per heavy atom. The molecule has 0 unspecified atom stereocenters. The summed E-state index contributed by atoms with van der Waals surface area (Å²) in [6, 6.07) is 0. The molecule has 0 aromatic rings. The van der Waals surface area contributed by atoms with Gasteiger partial charge < -0.3 is 0 Å². The third kappa shape index (κ3) is 3.77. The van der Waals surface area contributed by atoms with Crippen LogP contribution in [-0.2, 0) is 10.7 Å². The fourth-order valence-corrected chi connectivity index (χ4v) is 2.08. The predicted molar refractivity (Wildman–Crippen MR) is 85.9 cm³/mol. The Morgan fingerprint density at radius 2 is 1.20 bits per heavy atom. The molecule has 0 spiro atoms. The van der Waals surface area contributed by atoms with Gasteiger partial charge in [-0.1, -0.05) is 67.8 Å². The van der Waals surface area contributed by atoms with Gasteiger partial charge in [-0.25, -0.2) is 8.42 Å². The van der Waals surface area contributed by atoms with E-state index < -0.39 is 11.5 Å². The van der Waals surface area contributed by atoms with E-state index >= 15 is 0 Å². The Labute approximate surface area is 129 Å². The summed E-state index contributed by atoms with van der Waals surface area (Å²) in [4.78, 5) is 0. The first kappa shape index (κ1) is 13.6. The van der Waals surface area contributed by atoms with Crippen molar-refractivity contribution in [2.75, 3.05) is 0 Å². The van der Waals surface area contributed by atoms with Crippen LogP contribution in [0.4, 0.5) is 0 Å². The topological polar surface area (TPSA) is 34.1 Å². The fraction of sp³-hybridized carbons (Fsp3) is 1.00. The van der Waals surface area contributed by atoms with Crippen molar-refractivity contribution in [1.82, 2.24) is 0 Å². The van der Waals surface area contributed by atoms with Gasteiger partial charge in [0.15, 0.2) is 10.1 Å². The minimum absolute atomic E-state index is 0.295. The summed E-state index contributed by atoms with van der Waals surface area (Å²) in [6.07, 6.45) is 0. The molecule has 10 heavy (non-hydrogen) atoms. The maximum absolute atomic E-state index is 10.7. The summed E-state index contributed by atoms with van der Waals surface area (Å²) >= 11 is 10.2. The first-order valence-electron chi connectivity index (χ1n) is 1.78. The highest BCUT2D eigenvalue weighted by Gasteiger charge is 2.45. The van der Waals surface area contributed by atoms with Crippen molar-refractivity contribution in [3.05, 3.63) is 0 Å². The monoisotopic (exact) mass is 723 g/mol. The highest BCUT2D eigenvalue weighted by Crippen LogP contribution is 2.54. The van der Waals surface area contributed by atoms with Crippen LogP contribution in [0, 0.1) is 0 Å². The minimum atomic E-state index is -2.38. The summed E-state index contributed by atoms with van der Waals surface area (Å²) in [5.74, 6) is 0. The van der Waals surface area contributed by atoms with Crippen molar-refractivity contribution >= 4 is 124 Å². The van der Waals surface area contributed by atoms with Crippen LogP contribution >= 0.6 is 113 Å². The molecule has 8 heteroatoms. The first-order valence-corrected chi connectivity index (χ1v) is 8.35. The van der Waals surface area contributed by atoms with E-state index in [1.165, 1.54) is 0 Å². The highest BCUT2D eigenvalue weighted by atomic mass is 127. The summed E-state index contributed by atoms with van der Waals surface area (Å²) in [6.45, 7) is 0. The standard InChI is InChI=1S/C2HI5O2S/c3-1(4,5)2(6,7)10(8)9/h10H. The van der Waals surface area contributed by atoms with E-state index in [1.807, 2.05) is 45.2 Å². The molecule has 0 bridgehead atoms. The van der Waals surface area contributed by atoms with Crippen LogP contribution in [0.2, 0.25) is 0 Å². The molecule has 0 aliphatic rings. The van der Waals surface area contributed by atoms with E-state index in [2.05, 4.69) is 67.8 Å². The number of alkyl halides is 5. The van der Waals surface area contributed by atoms with Gasteiger partial charge in [-0.2, -0.15) is 0 Å². The van der Waals surface area contributed by atoms with Gasteiger partial charge in [-0.3, -0.25) is 0 Å². The van der Waals surface area contributed by atoms with Crippen LogP contribution < -0.4 is 0 Å². The Kier molecular flexibility index (Phi) is 6.66. The number of hydrogen-bond donors (Lipinski definition) is 1. The van der Waals surface area contributed by atoms with Gasteiger partial charge in [-0.15, -0.1) is 0 Å². The highest BCUT2D eigenvalue weighted by molar-refractivity contribution is 14.3. The molecular formula is C2HI5O2S. The fourth-order valence-electron chi connectivity index (χ4n) is 0.104. The number of thiol groups is 1. The first-order chi connectivity index (χ1) is 4.19. The van der Waals surface area contributed by atoms with E-state index in [0.717, 1.165) is 0 Å². The largest absolute Gasteiger partial charge is 0.230 e. The van der Waals surface area contributed by atoms with Crippen LogP contribution in [0.5, 0.6) is 0 Å². The molecule has 0 rings (SSSR count). The van der Waals surface area contributed by atoms with Gasteiger partial charge in [0, 0.05) is 0 Å². The second-order valence-corrected chi connectivity index (χ2v) is 20.5. The average molecular weight is 724 g/mol. The molecule has 62 valence electrons. The van der Waals surface area contributed by atoms with E-state index in [0.29, 0.717) is 0 Å². The maximum Gasteiger partial charge on any atom is 0.203 e. The van der Waals surface area contributed by atoms with Crippen molar-refractivity contribution < 1.29 is 8.42 Å². The maximum atomic E-state index is 10.7. The van der Waals surface area contributed by atoms with E-state index in [9.17, 15) is 8.42 Å². The summed E-state index contributed by atoms with van der Waals surface area (Å²) in [7, 11) is -2.38. The minimum Gasteiger partial charge on any atom is -0.230 e. The summed E-state index contributed by atoms with van der Waals surface area (Å²) in [5, 5.41) is 0. The zero-order chi connectivity index (χ0) is 8.58. The molecular weight excluding hydrogens is 723 g/mol. The molecule has 0 heterocycles. The van der Waals surface area contributed by atoms with Crippen LogP contribution in [0.15, 0.2) is 0 Å². The van der Waals surface area contributed by atoms with Gasteiger partial charge in [0.05, 0.1) is 0 Å². The molecule has 0 atom stereocenters.